The first-order chi connectivity index (χ1) is 9.63. The van der Waals surface area contributed by atoms with Crippen LogP contribution in [-0.4, -0.2) is 11.3 Å². The van der Waals surface area contributed by atoms with E-state index in [-0.39, 0.29) is 5.82 Å². The normalized spacial score (nSPS) is 9.85. The second kappa shape index (κ2) is 5.88. The Morgan fingerprint density at radius 2 is 1.65 bits per heavy atom. The molecule has 0 saturated heterocycles. The van der Waals surface area contributed by atoms with Gasteiger partial charge in [0.2, 0.25) is 0 Å². The van der Waals surface area contributed by atoms with Crippen molar-refractivity contribution in [2.24, 2.45) is 0 Å². The van der Waals surface area contributed by atoms with Gasteiger partial charge in [0.25, 0.3) is 0 Å². The molecule has 2 aromatic carbocycles. The van der Waals surface area contributed by atoms with Crippen molar-refractivity contribution >= 4 is 28.6 Å². The number of nitrogens with two attached hydrogens (primary N) is 2. The number of hydrogen-bond acceptors (Lipinski definition) is 3. The highest BCUT2D eigenvalue weighted by molar-refractivity contribution is 5.97. The van der Waals surface area contributed by atoms with E-state index in [0.29, 0.717) is 34.1 Å². The van der Waals surface area contributed by atoms with Crippen molar-refractivity contribution in [3.05, 3.63) is 60.0 Å². The Hall–Kier alpha value is -2.82. The van der Waals surface area contributed by atoms with Crippen molar-refractivity contribution < 1.29 is 9.18 Å². The third-order valence-corrected chi connectivity index (χ3v) is 2.82. The minimum atomic E-state index is -0.333. The number of nitrogens with one attached hydrogen (secondary N) is 1. The molecule has 0 bridgehead atoms. The fraction of sp³-hybridized carbons (Fsp3) is 0. The molecule has 5 heteroatoms. The molecule has 0 aliphatic heterocycles. The summed E-state index contributed by atoms with van der Waals surface area (Å²) < 4.78 is 13.0. The van der Waals surface area contributed by atoms with Crippen molar-refractivity contribution in [1.29, 1.82) is 0 Å². The number of rotatable bonds is 1. The zero-order chi connectivity index (χ0) is 14.5. The average molecular weight is 271 g/mol. The molecule has 1 heterocycles. The molecule has 20 heavy (non-hydrogen) atoms. The van der Waals surface area contributed by atoms with Crippen molar-refractivity contribution in [2.75, 3.05) is 11.5 Å². The van der Waals surface area contributed by atoms with Crippen LogP contribution < -0.4 is 11.5 Å². The van der Waals surface area contributed by atoms with Crippen LogP contribution in [0.15, 0.2) is 48.7 Å². The summed E-state index contributed by atoms with van der Waals surface area (Å²) in [5, 5.41) is 0.630. The predicted octanol–water partition coefficient (Wildman–Crippen LogP) is 2.97. The van der Waals surface area contributed by atoms with Gasteiger partial charge < -0.3 is 16.5 Å². The maximum absolute atomic E-state index is 13.0. The number of para-hydroxylation sites is 3. The van der Waals surface area contributed by atoms with Crippen LogP contribution in [0.25, 0.3) is 10.9 Å². The number of benzene rings is 2. The van der Waals surface area contributed by atoms with Gasteiger partial charge in [-0.2, -0.15) is 0 Å². The quantitative estimate of drug-likeness (QED) is 0.470. The van der Waals surface area contributed by atoms with Gasteiger partial charge in [-0.1, -0.05) is 24.3 Å². The number of aromatic amines is 1. The summed E-state index contributed by atoms with van der Waals surface area (Å²) in [6, 6.07) is 11.9. The molecular weight excluding hydrogens is 257 g/mol. The Bertz CT molecular complexity index is 716. The molecular formula is C15H14FN3O. The van der Waals surface area contributed by atoms with Crippen LogP contribution in [0.4, 0.5) is 15.8 Å². The fourth-order valence-electron chi connectivity index (χ4n) is 1.75. The van der Waals surface area contributed by atoms with Crippen molar-refractivity contribution in [3.8, 4) is 0 Å². The summed E-state index contributed by atoms with van der Waals surface area (Å²) in [4.78, 5) is 13.2. The first-order valence-electron chi connectivity index (χ1n) is 5.94. The third-order valence-electron chi connectivity index (χ3n) is 2.82. The summed E-state index contributed by atoms with van der Waals surface area (Å²) in [5.74, 6) is -0.333. The largest absolute Gasteiger partial charge is 0.397 e. The topological polar surface area (TPSA) is 84.9 Å². The summed E-state index contributed by atoms with van der Waals surface area (Å²) in [6.45, 7) is 0. The number of carbonyl (C=O) groups excluding carboxylic acids is 1. The van der Waals surface area contributed by atoms with E-state index in [9.17, 15) is 9.18 Å². The van der Waals surface area contributed by atoms with E-state index in [4.69, 9.17) is 11.5 Å². The zero-order valence-corrected chi connectivity index (χ0v) is 10.6. The molecule has 0 radical (unpaired) electrons. The Balaban J connectivity index is 0.000000160. The summed E-state index contributed by atoms with van der Waals surface area (Å²) in [6.07, 6.45) is 2.21. The van der Waals surface area contributed by atoms with E-state index in [1.165, 1.54) is 12.3 Å². The molecule has 0 unspecified atom stereocenters. The number of fused-ring (bicyclic) bond motifs is 1. The van der Waals surface area contributed by atoms with E-state index in [2.05, 4.69) is 4.98 Å². The lowest BCUT2D eigenvalue weighted by Crippen LogP contribution is -1.91. The predicted molar refractivity (Wildman–Crippen MR) is 78.9 cm³/mol. The molecule has 102 valence electrons. The summed E-state index contributed by atoms with van der Waals surface area (Å²) >= 11 is 0. The molecule has 0 spiro atoms. The first-order valence-corrected chi connectivity index (χ1v) is 5.94. The molecule has 0 aliphatic rings. The number of nitrogen functional groups attached to an aromatic ring is 2. The van der Waals surface area contributed by atoms with Gasteiger partial charge >= 0.3 is 0 Å². The van der Waals surface area contributed by atoms with Gasteiger partial charge in [-0.3, -0.25) is 4.79 Å². The van der Waals surface area contributed by atoms with E-state index in [0.717, 1.165) is 0 Å². The van der Waals surface area contributed by atoms with Gasteiger partial charge in [-0.05, 0) is 18.2 Å². The van der Waals surface area contributed by atoms with Crippen LogP contribution in [-0.2, 0) is 0 Å². The van der Waals surface area contributed by atoms with E-state index in [1.54, 1.807) is 24.3 Å². The highest BCUT2D eigenvalue weighted by Gasteiger charge is 2.04. The summed E-state index contributed by atoms with van der Waals surface area (Å²) in [5.41, 5.74) is 13.0. The molecule has 3 rings (SSSR count). The minimum absolute atomic E-state index is 0.333. The molecule has 3 aromatic rings. The van der Waals surface area contributed by atoms with Gasteiger partial charge in [-0.25, -0.2) is 4.39 Å². The standard InChI is InChI=1S/C9H6FNO.C6H8N2/c10-8-3-1-2-7-6(5-12)4-11-9(7)8;7-5-3-1-2-4-6(5)8/h1-5,11H;1-4H,7-8H2. The second-order valence-corrected chi connectivity index (χ2v) is 4.15. The Labute approximate surface area is 115 Å². The maximum Gasteiger partial charge on any atom is 0.152 e. The lowest BCUT2D eigenvalue weighted by molar-refractivity contribution is 0.112. The molecule has 5 N–H and O–H groups in total. The van der Waals surface area contributed by atoms with Crippen LogP contribution in [0, 0.1) is 5.82 Å². The van der Waals surface area contributed by atoms with Gasteiger partial charge in [0.15, 0.2) is 6.29 Å². The smallest absolute Gasteiger partial charge is 0.152 e. The molecule has 0 fully saturated rings. The minimum Gasteiger partial charge on any atom is -0.397 e. The summed E-state index contributed by atoms with van der Waals surface area (Å²) in [7, 11) is 0. The number of aldehydes is 1. The van der Waals surface area contributed by atoms with Crippen molar-refractivity contribution in [2.45, 2.75) is 0 Å². The zero-order valence-electron chi connectivity index (χ0n) is 10.6. The van der Waals surface area contributed by atoms with E-state index >= 15 is 0 Å². The van der Waals surface area contributed by atoms with Crippen molar-refractivity contribution in [3.63, 3.8) is 0 Å². The maximum atomic E-state index is 13.0. The number of hydrogen-bond donors (Lipinski definition) is 3. The number of anilines is 2. The highest BCUT2D eigenvalue weighted by Crippen LogP contribution is 2.18. The van der Waals surface area contributed by atoms with Crippen LogP contribution >= 0.6 is 0 Å². The van der Waals surface area contributed by atoms with Gasteiger partial charge in [0.05, 0.1) is 16.9 Å². The van der Waals surface area contributed by atoms with Crippen LogP contribution in [0.3, 0.4) is 0 Å². The van der Waals surface area contributed by atoms with Crippen LogP contribution in [0.2, 0.25) is 0 Å². The van der Waals surface area contributed by atoms with Gasteiger partial charge in [-0.15, -0.1) is 0 Å². The number of H-pyrrole nitrogens is 1. The molecule has 0 saturated carbocycles. The average Bonchev–Trinajstić information content (AvgIpc) is 2.87. The Kier molecular flexibility index (Phi) is 4.00. The first kappa shape index (κ1) is 13.6. The molecule has 0 atom stereocenters. The number of carbonyl (C=O) groups is 1. The Morgan fingerprint density at radius 3 is 2.20 bits per heavy atom. The molecule has 4 nitrogen and oxygen atoms in total. The van der Waals surface area contributed by atoms with Crippen molar-refractivity contribution in [1.82, 2.24) is 4.98 Å². The number of aromatic nitrogens is 1. The van der Waals surface area contributed by atoms with Gasteiger partial charge in [0.1, 0.15) is 5.82 Å². The lowest BCUT2D eigenvalue weighted by atomic mass is 10.2. The van der Waals surface area contributed by atoms with Crippen LogP contribution in [0.5, 0.6) is 0 Å². The van der Waals surface area contributed by atoms with Crippen LogP contribution in [0.1, 0.15) is 10.4 Å². The fourth-order valence-corrected chi connectivity index (χ4v) is 1.75. The molecule has 0 aliphatic carbocycles. The molecule has 1 aromatic heterocycles. The van der Waals surface area contributed by atoms with Gasteiger partial charge in [0, 0.05) is 17.1 Å². The molecule has 0 amide bonds. The van der Waals surface area contributed by atoms with E-state index < -0.39 is 0 Å². The number of halogens is 1. The lowest BCUT2D eigenvalue weighted by Gasteiger charge is -1.94. The second-order valence-electron chi connectivity index (χ2n) is 4.15. The van der Waals surface area contributed by atoms with E-state index in [1.807, 2.05) is 12.1 Å². The monoisotopic (exact) mass is 271 g/mol. The third kappa shape index (κ3) is 2.77. The highest BCUT2D eigenvalue weighted by atomic mass is 19.1. The SMILES string of the molecule is Nc1ccccc1N.O=Cc1c[nH]c2c(F)cccc12. The Morgan fingerprint density at radius 1 is 1.00 bits per heavy atom.